The first-order valence-electron chi connectivity index (χ1n) is 5.73. The van der Waals surface area contributed by atoms with E-state index in [-0.39, 0.29) is 17.0 Å². The zero-order valence-corrected chi connectivity index (χ0v) is 9.72. The number of aromatic hydroxyl groups is 1. The number of rotatable bonds is 4. The smallest absolute Gasteiger partial charge is 0.277 e. The van der Waals surface area contributed by atoms with Crippen molar-refractivity contribution >= 4 is 5.69 Å². The molecule has 2 rings (SSSR count). The lowest BCUT2D eigenvalue weighted by Gasteiger charge is -2.14. The minimum Gasteiger partial charge on any atom is -0.507 e. The molecular formula is C12H16N2O3. The van der Waals surface area contributed by atoms with Gasteiger partial charge in [0.05, 0.1) is 10.5 Å². The molecule has 3 N–H and O–H groups in total. The Labute approximate surface area is 99.4 Å². The number of nitrogens with two attached hydrogens (primary N) is 1. The monoisotopic (exact) mass is 236 g/mol. The standard InChI is InChI=1S/C12H16N2O3/c1-7-2-5-10(14(16)17)11(12(7)15)9(13)6-8-3-4-8/h2,5,8-9,15H,3-4,6,13H2,1H3/t9-/m0/s1. The van der Waals surface area contributed by atoms with E-state index in [1.165, 1.54) is 6.07 Å². The van der Waals surface area contributed by atoms with E-state index in [9.17, 15) is 15.2 Å². The summed E-state index contributed by atoms with van der Waals surface area (Å²) in [5.41, 5.74) is 6.80. The van der Waals surface area contributed by atoms with Crippen LogP contribution in [-0.2, 0) is 0 Å². The molecule has 1 aromatic rings. The first kappa shape index (κ1) is 11.9. The van der Waals surface area contributed by atoms with Crippen LogP contribution in [0.4, 0.5) is 5.69 Å². The lowest BCUT2D eigenvalue weighted by atomic mass is 9.97. The van der Waals surface area contributed by atoms with E-state index in [1.54, 1.807) is 13.0 Å². The normalized spacial score (nSPS) is 16.8. The quantitative estimate of drug-likeness (QED) is 0.620. The van der Waals surface area contributed by atoms with Gasteiger partial charge in [0.25, 0.3) is 5.69 Å². The summed E-state index contributed by atoms with van der Waals surface area (Å²) in [5.74, 6) is 0.525. The molecule has 0 spiro atoms. The summed E-state index contributed by atoms with van der Waals surface area (Å²) >= 11 is 0. The lowest BCUT2D eigenvalue weighted by molar-refractivity contribution is -0.385. The summed E-state index contributed by atoms with van der Waals surface area (Å²) in [6, 6.07) is 2.50. The van der Waals surface area contributed by atoms with Crippen LogP contribution in [-0.4, -0.2) is 10.0 Å². The van der Waals surface area contributed by atoms with Crippen molar-refractivity contribution < 1.29 is 10.0 Å². The molecule has 1 aromatic carbocycles. The molecule has 1 atom stereocenters. The summed E-state index contributed by atoms with van der Waals surface area (Å²) in [6.45, 7) is 1.71. The molecule has 5 nitrogen and oxygen atoms in total. The van der Waals surface area contributed by atoms with E-state index in [0.717, 1.165) is 12.8 Å². The van der Waals surface area contributed by atoms with Crippen molar-refractivity contribution in [3.63, 3.8) is 0 Å². The van der Waals surface area contributed by atoms with Gasteiger partial charge in [-0.2, -0.15) is 0 Å². The molecule has 1 fully saturated rings. The summed E-state index contributed by atoms with van der Waals surface area (Å²) in [6.07, 6.45) is 2.97. The highest BCUT2D eigenvalue weighted by atomic mass is 16.6. The summed E-state index contributed by atoms with van der Waals surface area (Å²) in [4.78, 5) is 10.4. The number of aryl methyl sites for hydroxylation is 1. The Morgan fingerprint density at radius 3 is 2.76 bits per heavy atom. The van der Waals surface area contributed by atoms with E-state index >= 15 is 0 Å². The second-order valence-electron chi connectivity index (χ2n) is 4.71. The van der Waals surface area contributed by atoms with Crippen LogP contribution in [0.2, 0.25) is 0 Å². The molecule has 17 heavy (non-hydrogen) atoms. The second kappa shape index (κ2) is 4.33. The first-order valence-corrected chi connectivity index (χ1v) is 5.73. The summed E-state index contributed by atoms with van der Waals surface area (Å²) in [5, 5.41) is 20.9. The van der Waals surface area contributed by atoms with Gasteiger partial charge in [-0.3, -0.25) is 10.1 Å². The van der Waals surface area contributed by atoms with Gasteiger partial charge in [0.2, 0.25) is 0 Å². The molecule has 0 heterocycles. The van der Waals surface area contributed by atoms with Crippen molar-refractivity contribution in [2.45, 2.75) is 32.2 Å². The van der Waals surface area contributed by atoms with Gasteiger partial charge in [0.15, 0.2) is 0 Å². The predicted molar refractivity (Wildman–Crippen MR) is 63.8 cm³/mol. The minimum atomic E-state index is -0.485. The van der Waals surface area contributed by atoms with E-state index in [0.29, 0.717) is 17.9 Å². The van der Waals surface area contributed by atoms with E-state index in [1.807, 2.05) is 0 Å². The van der Waals surface area contributed by atoms with E-state index in [4.69, 9.17) is 5.73 Å². The Morgan fingerprint density at radius 2 is 2.24 bits per heavy atom. The average Bonchev–Trinajstić information content (AvgIpc) is 3.05. The average molecular weight is 236 g/mol. The van der Waals surface area contributed by atoms with Crippen LogP contribution in [0.15, 0.2) is 12.1 Å². The number of nitrogens with zero attached hydrogens (tertiary/aromatic N) is 1. The lowest BCUT2D eigenvalue weighted by Crippen LogP contribution is -2.13. The summed E-state index contributed by atoms with van der Waals surface area (Å²) < 4.78 is 0. The van der Waals surface area contributed by atoms with Crippen LogP contribution in [0.1, 0.15) is 36.4 Å². The number of hydrogen-bond donors (Lipinski definition) is 2. The van der Waals surface area contributed by atoms with Crippen LogP contribution in [0, 0.1) is 23.0 Å². The molecule has 92 valence electrons. The van der Waals surface area contributed by atoms with Gasteiger partial charge in [-0.1, -0.05) is 12.8 Å². The molecule has 0 amide bonds. The van der Waals surface area contributed by atoms with Crippen molar-refractivity contribution in [3.8, 4) is 5.75 Å². The Bertz CT molecular complexity index is 455. The molecule has 0 unspecified atom stereocenters. The second-order valence-corrected chi connectivity index (χ2v) is 4.71. The molecule has 0 aromatic heterocycles. The molecule has 0 saturated heterocycles. The van der Waals surface area contributed by atoms with Gasteiger partial charge in [-0.25, -0.2) is 0 Å². The van der Waals surface area contributed by atoms with E-state index < -0.39 is 11.0 Å². The van der Waals surface area contributed by atoms with Gasteiger partial charge >= 0.3 is 0 Å². The number of hydrogen-bond acceptors (Lipinski definition) is 4. The maximum atomic E-state index is 10.9. The molecule has 5 heteroatoms. The van der Waals surface area contributed by atoms with Crippen LogP contribution in [0.25, 0.3) is 0 Å². The fraction of sp³-hybridized carbons (Fsp3) is 0.500. The zero-order chi connectivity index (χ0) is 12.6. The van der Waals surface area contributed by atoms with Gasteiger partial charge in [0.1, 0.15) is 5.75 Å². The van der Waals surface area contributed by atoms with Gasteiger partial charge in [-0.05, 0) is 30.9 Å². The maximum absolute atomic E-state index is 10.9. The molecule has 0 radical (unpaired) electrons. The molecule has 0 bridgehead atoms. The first-order chi connectivity index (χ1) is 8.00. The highest BCUT2D eigenvalue weighted by molar-refractivity contribution is 5.54. The molecule has 1 saturated carbocycles. The largest absolute Gasteiger partial charge is 0.507 e. The fourth-order valence-electron chi connectivity index (χ4n) is 2.06. The SMILES string of the molecule is Cc1ccc([N+](=O)[O-])c([C@@H](N)CC2CC2)c1O. The topological polar surface area (TPSA) is 89.4 Å². The third kappa shape index (κ3) is 2.39. The molecule has 1 aliphatic rings. The van der Waals surface area contributed by atoms with Crippen LogP contribution >= 0.6 is 0 Å². The number of phenolic OH excluding ortho intramolecular Hbond substituents is 1. The van der Waals surface area contributed by atoms with Crippen LogP contribution < -0.4 is 5.73 Å². The molecule has 0 aliphatic heterocycles. The van der Waals surface area contributed by atoms with Crippen molar-refractivity contribution in [3.05, 3.63) is 33.4 Å². The van der Waals surface area contributed by atoms with Crippen molar-refractivity contribution in [2.75, 3.05) is 0 Å². The third-order valence-electron chi connectivity index (χ3n) is 3.25. The number of phenols is 1. The predicted octanol–water partition coefficient (Wildman–Crippen LogP) is 2.41. The number of nitro benzene ring substituents is 1. The minimum absolute atomic E-state index is 0.0349. The highest BCUT2D eigenvalue weighted by Gasteiger charge is 2.30. The van der Waals surface area contributed by atoms with Crippen molar-refractivity contribution in [1.29, 1.82) is 0 Å². The summed E-state index contributed by atoms with van der Waals surface area (Å²) in [7, 11) is 0. The number of nitro groups is 1. The van der Waals surface area contributed by atoms with E-state index in [2.05, 4.69) is 0 Å². The Morgan fingerprint density at radius 1 is 1.59 bits per heavy atom. The third-order valence-corrected chi connectivity index (χ3v) is 3.25. The van der Waals surface area contributed by atoms with Crippen LogP contribution in [0.5, 0.6) is 5.75 Å². The number of benzene rings is 1. The maximum Gasteiger partial charge on any atom is 0.277 e. The Hall–Kier alpha value is -1.62. The van der Waals surface area contributed by atoms with Crippen LogP contribution in [0.3, 0.4) is 0 Å². The van der Waals surface area contributed by atoms with Gasteiger partial charge in [-0.15, -0.1) is 0 Å². The molecular weight excluding hydrogens is 220 g/mol. The van der Waals surface area contributed by atoms with Gasteiger partial charge < -0.3 is 10.8 Å². The van der Waals surface area contributed by atoms with Gasteiger partial charge in [0, 0.05) is 12.1 Å². The highest BCUT2D eigenvalue weighted by Crippen LogP contribution is 2.42. The Kier molecular flexibility index (Phi) is 3.02. The molecule has 1 aliphatic carbocycles. The van der Waals surface area contributed by atoms with Crippen molar-refractivity contribution in [1.82, 2.24) is 0 Å². The zero-order valence-electron chi connectivity index (χ0n) is 9.72. The van der Waals surface area contributed by atoms with Crippen molar-refractivity contribution in [2.24, 2.45) is 11.7 Å². The Balaban J connectivity index is 2.39. The fourth-order valence-corrected chi connectivity index (χ4v) is 2.06.